The van der Waals surface area contributed by atoms with Gasteiger partial charge >= 0.3 is 0 Å². The van der Waals surface area contributed by atoms with Gasteiger partial charge in [0.15, 0.2) is 0 Å². The lowest BCUT2D eigenvalue weighted by Crippen LogP contribution is -2.27. The molecule has 4 nitrogen and oxygen atoms in total. The molecule has 0 saturated heterocycles. The van der Waals surface area contributed by atoms with Crippen LogP contribution in [0.4, 0.5) is 4.39 Å². The Morgan fingerprint density at radius 2 is 1.71 bits per heavy atom. The van der Waals surface area contributed by atoms with Crippen molar-refractivity contribution < 1.29 is 9.18 Å². The average Bonchev–Trinajstić information content (AvgIpc) is 3.22. The molecule has 0 aliphatic rings. The molecule has 0 atom stereocenters. The highest BCUT2D eigenvalue weighted by Crippen LogP contribution is 2.23. The maximum atomic E-state index is 13.4. The normalized spacial score (nSPS) is 10.8. The van der Waals surface area contributed by atoms with E-state index in [1.807, 2.05) is 36.4 Å². The zero-order chi connectivity index (χ0) is 21.8. The number of benzene rings is 3. The quantitative estimate of drug-likeness (QED) is 0.391. The van der Waals surface area contributed by atoms with Crippen molar-refractivity contribution in [2.75, 3.05) is 6.54 Å². The van der Waals surface area contributed by atoms with Crippen LogP contribution in [0.3, 0.4) is 0 Å². The lowest BCUT2D eigenvalue weighted by atomic mass is 10.1. The van der Waals surface area contributed by atoms with E-state index in [0.717, 1.165) is 11.1 Å². The summed E-state index contributed by atoms with van der Waals surface area (Å²) in [5.41, 5.74) is 3.37. The van der Waals surface area contributed by atoms with Crippen molar-refractivity contribution in [1.82, 2.24) is 15.1 Å². The van der Waals surface area contributed by atoms with Gasteiger partial charge in [-0.05, 0) is 54.4 Å². The Morgan fingerprint density at radius 3 is 2.42 bits per heavy atom. The molecule has 4 aromatic rings. The first kappa shape index (κ1) is 21.1. The van der Waals surface area contributed by atoms with Gasteiger partial charge in [0, 0.05) is 22.2 Å². The van der Waals surface area contributed by atoms with Gasteiger partial charge in [-0.15, -0.1) is 0 Å². The van der Waals surface area contributed by atoms with Crippen molar-refractivity contribution in [3.63, 3.8) is 0 Å². The number of amides is 1. The van der Waals surface area contributed by atoms with Crippen molar-refractivity contribution in [2.24, 2.45) is 0 Å². The first-order valence-electron chi connectivity index (χ1n) is 9.65. The van der Waals surface area contributed by atoms with Crippen LogP contribution in [0.5, 0.6) is 0 Å². The van der Waals surface area contributed by atoms with Gasteiger partial charge in [-0.2, -0.15) is 5.10 Å². The molecular formula is C24H18Cl2FN3O. The minimum absolute atomic E-state index is 0.288. The summed E-state index contributed by atoms with van der Waals surface area (Å²) in [6, 6.07) is 22.4. The van der Waals surface area contributed by atoms with Crippen LogP contribution in [0.25, 0.3) is 16.9 Å². The van der Waals surface area contributed by atoms with Crippen LogP contribution in [0.15, 0.2) is 78.9 Å². The van der Waals surface area contributed by atoms with Crippen molar-refractivity contribution in [2.45, 2.75) is 6.42 Å². The van der Waals surface area contributed by atoms with Gasteiger partial charge in [-0.3, -0.25) is 4.79 Å². The molecule has 0 spiro atoms. The number of aromatic nitrogens is 2. The van der Waals surface area contributed by atoms with Crippen LogP contribution in [0.1, 0.15) is 16.1 Å². The predicted octanol–water partition coefficient (Wildman–Crippen LogP) is 5.96. The lowest BCUT2D eigenvalue weighted by Gasteiger charge is -2.09. The molecule has 0 aliphatic carbocycles. The van der Waals surface area contributed by atoms with E-state index in [1.165, 1.54) is 16.8 Å². The molecule has 0 saturated carbocycles. The van der Waals surface area contributed by atoms with Crippen molar-refractivity contribution in [1.29, 1.82) is 0 Å². The summed E-state index contributed by atoms with van der Waals surface area (Å²) in [6.07, 6.45) is 0.554. The first-order chi connectivity index (χ1) is 15.0. The van der Waals surface area contributed by atoms with Gasteiger partial charge in [0.2, 0.25) is 0 Å². The fourth-order valence-electron chi connectivity index (χ4n) is 3.20. The van der Waals surface area contributed by atoms with E-state index in [0.29, 0.717) is 40.1 Å². The van der Waals surface area contributed by atoms with Crippen LogP contribution >= 0.6 is 23.2 Å². The second-order valence-electron chi connectivity index (χ2n) is 6.91. The molecule has 3 aromatic carbocycles. The molecule has 0 bridgehead atoms. The Hall–Kier alpha value is -3.15. The smallest absolute Gasteiger partial charge is 0.270 e. The minimum Gasteiger partial charge on any atom is -0.350 e. The highest BCUT2D eigenvalue weighted by atomic mass is 35.5. The van der Waals surface area contributed by atoms with Crippen LogP contribution in [-0.4, -0.2) is 22.2 Å². The van der Waals surface area contributed by atoms with E-state index in [2.05, 4.69) is 10.4 Å². The summed E-state index contributed by atoms with van der Waals surface area (Å²) in [4.78, 5) is 13.0. The number of rotatable bonds is 6. The number of carbonyl (C=O) groups is 1. The SMILES string of the molecule is O=C(NCCc1ccc(Cl)cc1Cl)c1cc(-c2ccccc2)nn1-c1ccc(F)cc1. The highest BCUT2D eigenvalue weighted by Gasteiger charge is 2.17. The molecule has 0 unspecified atom stereocenters. The van der Waals surface area contributed by atoms with Gasteiger partial charge in [-0.25, -0.2) is 9.07 Å². The Bertz CT molecular complexity index is 1210. The van der Waals surface area contributed by atoms with Crippen molar-refractivity contribution in [3.05, 3.63) is 106 Å². The van der Waals surface area contributed by atoms with Crippen molar-refractivity contribution >= 4 is 29.1 Å². The maximum absolute atomic E-state index is 13.4. The molecule has 4 rings (SSSR count). The lowest BCUT2D eigenvalue weighted by molar-refractivity contribution is 0.0946. The van der Waals surface area contributed by atoms with Crippen LogP contribution in [0, 0.1) is 5.82 Å². The number of nitrogens with zero attached hydrogens (tertiary/aromatic N) is 2. The zero-order valence-corrected chi connectivity index (χ0v) is 17.9. The Labute approximate surface area is 189 Å². The Balaban J connectivity index is 1.58. The number of nitrogens with one attached hydrogen (secondary N) is 1. The van der Waals surface area contributed by atoms with Gasteiger partial charge in [0.1, 0.15) is 11.5 Å². The zero-order valence-electron chi connectivity index (χ0n) is 16.4. The summed E-state index contributed by atoms with van der Waals surface area (Å²) in [5, 5.41) is 8.62. The molecular weight excluding hydrogens is 436 g/mol. The molecule has 0 radical (unpaired) electrons. The highest BCUT2D eigenvalue weighted by molar-refractivity contribution is 6.35. The van der Waals surface area contributed by atoms with Crippen LogP contribution in [-0.2, 0) is 6.42 Å². The first-order valence-corrected chi connectivity index (χ1v) is 10.4. The molecule has 1 heterocycles. The molecule has 1 aromatic heterocycles. The van der Waals surface area contributed by atoms with E-state index in [1.54, 1.807) is 30.3 Å². The number of carbonyl (C=O) groups excluding carboxylic acids is 1. The molecule has 0 aliphatic heterocycles. The molecule has 31 heavy (non-hydrogen) atoms. The summed E-state index contributed by atoms with van der Waals surface area (Å²) in [6.45, 7) is 0.384. The summed E-state index contributed by atoms with van der Waals surface area (Å²) < 4.78 is 14.9. The number of hydrogen-bond acceptors (Lipinski definition) is 2. The maximum Gasteiger partial charge on any atom is 0.270 e. The standard InChI is InChI=1S/C24H18Cl2FN3O/c25-18-7-6-16(21(26)14-18)12-13-28-24(31)23-15-22(17-4-2-1-3-5-17)29-30(23)20-10-8-19(27)9-11-20/h1-11,14-15H,12-13H2,(H,28,31). The van der Waals surface area contributed by atoms with E-state index in [-0.39, 0.29) is 11.7 Å². The van der Waals surface area contributed by atoms with Gasteiger partial charge in [0.25, 0.3) is 5.91 Å². The number of halogens is 3. The van der Waals surface area contributed by atoms with Crippen LogP contribution < -0.4 is 5.32 Å². The van der Waals surface area contributed by atoms with Gasteiger partial charge < -0.3 is 5.32 Å². The monoisotopic (exact) mass is 453 g/mol. The third-order valence-electron chi connectivity index (χ3n) is 4.78. The van der Waals surface area contributed by atoms with E-state index >= 15 is 0 Å². The molecule has 1 N–H and O–H groups in total. The van der Waals surface area contributed by atoms with Crippen molar-refractivity contribution in [3.8, 4) is 16.9 Å². The Kier molecular flexibility index (Phi) is 6.35. The fraction of sp³-hybridized carbons (Fsp3) is 0.0833. The third kappa shape index (κ3) is 4.95. The average molecular weight is 454 g/mol. The van der Waals surface area contributed by atoms with E-state index in [9.17, 15) is 9.18 Å². The molecule has 156 valence electrons. The van der Waals surface area contributed by atoms with E-state index < -0.39 is 0 Å². The fourth-order valence-corrected chi connectivity index (χ4v) is 3.70. The second-order valence-corrected chi connectivity index (χ2v) is 7.75. The topological polar surface area (TPSA) is 46.9 Å². The van der Waals surface area contributed by atoms with Crippen LogP contribution in [0.2, 0.25) is 10.0 Å². The minimum atomic E-state index is -0.356. The van der Waals surface area contributed by atoms with E-state index in [4.69, 9.17) is 23.2 Å². The second kappa shape index (κ2) is 9.33. The summed E-state index contributed by atoms with van der Waals surface area (Å²) in [5.74, 6) is -0.644. The molecule has 7 heteroatoms. The van der Waals surface area contributed by atoms with Gasteiger partial charge in [-0.1, -0.05) is 59.6 Å². The summed E-state index contributed by atoms with van der Waals surface area (Å²) in [7, 11) is 0. The third-order valence-corrected chi connectivity index (χ3v) is 5.36. The van der Waals surface area contributed by atoms with Gasteiger partial charge in [0.05, 0.1) is 11.4 Å². The predicted molar refractivity (Wildman–Crippen MR) is 121 cm³/mol. The molecule has 1 amide bonds. The number of hydrogen-bond donors (Lipinski definition) is 1. The largest absolute Gasteiger partial charge is 0.350 e. The summed E-state index contributed by atoms with van der Waals surface area (Å²) >= 11 is 12.1. The Morgan fingerprint density at radius 1 is 0.968 bits per heavy atom. The molecule has 0 fully saturated rings.